The molecule has 0 saturated carbocycles. The van der Waals surface area contributed by atoms with Crippen molar-refractivity contribution >= 4 is 35.1 Å². The van der Waals surface area contributed by atoms with Gasteiger partial charge in [0.1, 0.15) is 25.0 Å². The molecule has 12 heteroatoms. The molecule has 2 N–H and O–H groups in total. The van der Waals surface area contributed by atoms with Gasteiger partial charge in [0.15, 0.2) is 17.6 Å². The van der Waals surface area contributed by atoms with E-state index in [1.807, 2.05) is 91.0 Å². The Morgan fingerprint density at radius 2 is 1.63 bits per heavy atom. The molecule has 0 fully saturated rings. The third-order valence-electron chi connectivity index (χ3n) is 10.9. The zero-order valence-corrected chi connectivity index (χ0v) is 33.8. The van der Waals surface area contributed by atoms with E-state index in [0.717, 1.165) is 50.9 Å². The van der Waals surface area contributed by atoms with Crippen LogP contribution in [0.3, 0.4) is 0 Å². The van der Waals surface area contributed by atoms with Gasteiger partial charge in [-0.1, -0.05) is 103 Å². The predicted octanol–water partition coefficient (Wildman–Crippen LogP) is 9.23. The van der Waals surface area contributed by atoms with Gasteiger partial charge in [-0.15, -0.1) is 0 Å². The number of nitrogens with one attached hydrogen (secondary N) is 1. The lowest BCUT2D eigenvalue weighted by Gasteiger charge is -2.42. The van der Waals surface area contributed by atoms with Gasteiger partial charge in [-0.3, -0.25) is 9.69 Å². The molecule has 1 amide bonds. The minimum atomic E-state index is -1.13. The first-order valence-electron chi connectivity index (χ1n) is 19.5. The number of aromatic nitrogens is 2. The van der Waals surface area contributed by atoms with Crippen molar-refractivity contribution in [3.63, 3.8) is 0 Å². The van der Waals surface area contributed by atoms with Crippen LogP contribution >= 0.6 is 23.2 Å². The van der Waals surface area contributed by atoms with Gasteiger partial charge in [0.05, 0.1) is 28.5 Å². The molecule has 0 aliphatic carbocycles. The zero-order valence-electron chi connectivity index (χ0n) is 32.3. The third-order valence-corrected chi connectivity index (χ3v) is 11.7. The summed E-state index contributed by atoms with van der Waals surface area (Å²) in [5, 5.41) is 22.0. The molecular weight excluding hydrogens is 787 g/mol. The maximum atomic E-state index is 14.4. The number of amides is 1. The van der Waals surface area contributed by atoms with E-state index < -0.39 is 18.1 Å². The van der Waals surface area contributed by atoms with Crippen LogP contribution in [-0.2, 0) is 35.6 Å². The molecule has 2 aliphatic rings. The van der Waals surface area contributed by atoms with Crippen molar-refractivity contribution in [2.45, 2.75) is 63.6 Å². The fraction of sp³-hybridized carbons (Fsp3) is 0.234. The summed E-state index contributed by atoms with van der Waals surface area (Å²) >= 11 is 12.2. The SMILES string of the molecule is CCC(c1ccccc1)N1Cc2cc3c(cc2CC1C(=O)NC(Cc1ccc(-c2ccnnc2)cc1)C(=O)O)OCC(c1ccc(OCc2ccc(Cl)c(Cl)c2)cc1)O3. The molecule has 300 valence electrons. The molecule has 59 heavy (non-hydrogen) atoms. The van der Waals surface area contributed by atoms with Crippen LogP contribution in [0.15, 0.2) is 128 Å². The second-order valence-corrected chi connectivity index (χ2v) is 15.6. The van der Waals surface area contributed by atoms with Crippen molar-refractivity contribution in [1.29, 1.82) is 0 Å². The highest BCUT2D eigenvalue weighted by Crippen LogP contribution is 2.42. The van der Waals surface area contributed by atoms with Crippen LogP contribution in [-0.4, -0.2) is 50.8 Å². The minimum absolute atomic E-state index is 0.100. The Balaban J connectivity index is 0.992. The fourth-order valence-corrected chi connectivity index (χ4v) is 8.14. The number of ether oxygens (including phenoxy) is 3. The van der Waals surface area contributed by atoms with Crippen molar-refractivity contribution in [1.82, 2.24) is 20.4 Å². The van der Waals surface area contributed by atoms with E-state index in [9.17, 15) is 14.7 Å². The second kappa shape index (κ2) is 17.9. The average Bonchev–Trinajstić information content (AvgIpc) is 3.26. The molecule has 10 nitrogen and oxygen atoms in total. The maximum Gasteiger partial charge on any atom is 0.326 e. The summed E-state index contributed by atoms with van der Waals surface area (Å²) < 4.78 is 18.8. The Kier molecular flexibility index (Phi) is 12.1. The maximum absolute atomic E-state index is 14.4. The fourth-order valence-electron chi connectivity index (χ4n) is 7.82. The Bertz CT molecular complexity index is 2420. The minimum Gasteiger partial charge on any atom is -0.489 e. The topological polar surface area (TPSA) is 123 Å². The van der Waals surface area contributed by atoms with E-state index in [2.05, 4.69) is 39.5 Å². The van der Waals surface area contributed by atoms with Crippen LogP contribution in [0.2, 0.25) is 10.0 Å². The Morgan fingerprint density at radius 3 is 2.34 bits per heavy atom. The van der Waals surface area contributed by atoms with Crippen molar-refractivity contribution in [3.05, 3.63) is 171 Å². The average molecular weight is 830 g/mol. The van der Waals surface area contributed by atoms with Crippen molar-refractivity contribution in [3.8, 4) is 28.4 Å². The summed E-state index contributed by atoms with van der Waals surface area (Å²) in [4.78, 5) is 29.2. The molecule has 5 aromatic carbocycles. The molecule has 0 spiro atoms. The highest BCUT2D eigenvalue weighted by Gasteiger charge is 2.38. The van der Waals surface area contributed by atoms with Crippen LogP contribution in [0, 0.1) is 0 Å². The number of rotatable bonds is 13. The summed E-state index contributed by atoms with van der Waals surface area (Å²) in [5.74, 6) is 0.512. The third kappa shape index (κ3) is 9.20. The summed E-state index contributed by atoms with van der Waals surface area (Å²) in [6.45, 7) is 3.21. The van der Waals surface area contributed by atoms with Crippen LogP contribution < -0.4 is 19.5 Å². The van der Waals surface area contributed by atoms with Crippen molar-refractivity contribution in [2.75, 3.05) is 6.61 Å². The van der Waals surface area contributed by atoms with Crippen LogP contribution in [0.25, 0.3) is 11.1 Å². The highest BCUT2D eigenvalue weighted by molar-refractivity contribution is 6.42. The molecule has 1 aromatic heterocycles. The smallest absolute Gasteiger partial charge is 0.326 e. The Morgan fingerprint density at radius 1 is 0.864 bits per heavy atom. The van der Waals surface area contributed by atoms with Gasteiger partial charge in [0.25, 0.3) is 0 Å². The number of carboxylic acids is 1. The van der Waals surface area contributed by atoms with Crippen LogP contribution in [0.4, 0.5) is 0 Å². The lowest BCUT2D eigenvalue weighted by molar-refractivity contribution is -0.143. The van der Waals surface area contributed by atoms with E-state index in [4.69, 9.17) is 37.4 Å². The molecule has 2 aliphatic heterocycles. The number of carbonyl (C=O) groups is 2. The van der Waals surface area contributed by atoms with Crippen LogP contribution in [0.1, 0.15) is 58.9 Å². The second-order valence-electron chi connectivity index (χ2n) is 14.7. The van der Waals surface area contributed by atoms with Gasteiger partial charge in [-0.2, -0.15) is 10.2 Å². The van der Waals surface area contributed by atoms with E-state index in [0.29, 0.717) is 53.5 Å². The molecule has 8 rings (SSSR count). The number of aliphatic carboxylic acids is 1. The molecule has 0 radical (unpaired) electrons. The molecule has 6 aromatic rings. The van der Waals surface area contributed by atoms with Crippen LogP contribution in [0.5, 0.6) is 17.2 Å². The highest BCUT2D eigenvalue weighted by atomic mass is 35.5. The van der Waals surface area contributed by atoms with E-state index in [1.165, 1.54) is 0 Å². The number of hydrogen-bond acceptors (Lipinski definition) is 8. The standard InChI is InChI=1S/C47H42Cl2N4O6/c1-2-41(32-6-4-3-5-7-32)53-26-36-24-44-43(58-28-45(59-44)33-13-15-37(16-14-33)57-27-30-10-17-38(48)39(49)20-30)23-35(36)22-42(53)46(54)52-40(47(55)56)21-29-8-11-31(12-9-29)34-18-19-50-51-25-34/h3-20,23-25,40-42,45H,2,21-22,26-28H2,1H3,(H,52,54)(H,55,56). The lowest BCUT2D eigenvalue weighted by atomic mass is 9.89. The molecule has 4 unspecified atom stereocenters. The molecule has 0 saturated heterocycles. The number of halogens is 2. The Labute approximate surface area is 352 Å². The normalized spacial score (nSPS) is 17.0. The predicted molar refractivity (Wildman–Crippen MR) is 226 cm³/mol. The summed E-state index contributed by atoms with van der Waals surface area (Å²) in [7, 11) is 0. The van der Waals surface area contributed by atoms with Gasteiger partial charge in [0.2, 0.25) is 5.91 Å². The van der Waals surface area contributed by atoms with Gasteiger partial charge >= 0.3 is 5.97 Å². The number of hydrogen-bond donors (Lipinski definition) is 2. The number of fused-ring (bicyclic) bond motifs is 2. The van der Waals surface area contributed by atoms with Gasteiger partial charge < -0.3 is 24.6 Å². The molecular formula is C47H42Cl2N4O6. The Hall–Kier alpha value is -5.94. The number of nitrogens with zero attached hydrogens (tertiary/aromatic N) is 3. The van der Waals surface area contributed by atoms with E-state index in [-0.39, 0.29) is 24.5 Å². The van der Waals surface area contributed by atoms with Crippen molar-refractivity contribution < 1.29 is 28.9 Å². The summed E-state index contributed by atoms with van der Waals surface area (Å²) in [5.41, 5.74) is 7.55. The number of carboxylic acid groups (broad SMARTS) is 1. The first-order valence-corrected chi connectivity index (χ1v) is 20.3. The number of benzene rings is 5. The van der Waals surface area contributed by atoms with E-state index in [1.54, 1.807) is 24.5 Å². The van der Waals surface area contributed by atoms with E-state index >= 15 is 0 Å². The van der Waals surface area contributed by atoms with Crippen molar-refractivity contribution in [2.24, 2.45) is 0 Å². The number of carbonyl (C=O) groups excluding carboxylic acids is 1. The first-order chi connectivity index (χ1) is 28.7. The van der Waals surface area contributed by atoms with Gasteiger partial charge in [-0.05, 0) is 94.3 Å². The first kappa shape index (κ1) is 39.9. The summed E-state index contributed by atoms with van der Waals surface area (Å²) in [6, 6.07) is 34.9. The molecule has 0 bridgehead atoms. The zero-order chi connectivity index (χ0) is 40.9. The quantitative estimate of drug-likeness (QED) is 0.117. The molecule has 3 heterocycles. The monoisotopic (exact) mass is 828 g/mol. The molecule has 4 atom stereocenters. The lowest BCUT2D eigenvalue weighted by Crippen LogP contribution is -2.55. The largest absolute Gasteiger partial charge is 0.489 e. The summed E-state index contributed by atoms with van der Waals surface area (Å²) in [6.07, 6.45) is 4.20. The van der Waals surface area contributed by atoms with Gasteiger partial charge in [-0.25, -0.2) is 4.79 Å². The van der Waals surface area contributed by atoms with Gasteiger partial charge in [0, 0.05) is 24.6 Å².